The standard InChI is InChI=1S/C24H20N4O5/c1-2-32-21(30)17-18(13-8-4-3-5-9-13)28(12-16(25)29)22(31)24(17)15-11-7-6-10-14(15)19-20(24)27-23(26)33-19/h3-11H,2,12H2,1H3,(H2,25,29)(H2,26,27)/t24-/m0/s1. The van der Waals surface area contributed by atoms with Gasteiger partial charge in [0, 0.05) is 5.56 Å². The molecule has 1 spiro atoms. The molecule has 0 radical (unpaired) electrons. The van der Waals surface area contributed by atoms with Gasteiger partial charge < -0.3 is 25.5 Å². The Morgan fingerprint density at radius 3 is 2.52 bits per heavy atom. The summed E-state index contributed by atoms with van der Waals surface area (Å²) in [5.41, 5.74) is 11.8. The van der Waals surface area contributed by atoms with Crippen LogP contribution in [0.15, 0.2) is 64.6 Å². The fourth-order valence-electron chi connectivity index (χ4n) is 4.76. The van der Waals surface area contributed by atoms with Crippen LogP contribution in [-0.4, -0.2) is 40.8 Å². The van der Waals surface area contributed by atoms with Gasteiger partial charge in [-0.3, -0.25) is 9.59 Å². The van der Waals surface area contributed by atoms with Gasteiger partial charge in [0.15, 0.2) is 11.2 Å². The zero-order valence-corrected chi connectivity index (χ0v) is 17.7. The first kappa shape index (κ1) is 20.5. The molecule has 0 bridgehead atoms. The number of hydrogen-bond acceptors (Lipinski definition) is 7. The lowest BCUT2D eigenvalue weighted by Gasteiger charge is -2.26. The Kier molecular flexibility index (Phi) is 4.56. The molecule has 2 amide bonds. The minimum absolute atomic E-state index is 0.0429. The summed E-state index contributed by atoms with van der Waals surface area (Å²) >= 11 is 0. The highest BCUT2D eigenvalue weighted by atomic mass is 16.5. The summed E-state index contributed by atoms with van der Waals surface area (Å²) in [6.45, 7) is 1.33. The van der Waals surface area contributed by atoms with E-state index in [2.05, 4.69) is 4.98 Å². The van der Waals surface area contributed by atoms with E-state index >= 15 is 0 Å². The van der Waals surface area contributed by atoms with Gasteiger partial charge in [0.25, 0.3) is 6.01 Å². The molecule has 0 fully saturated rings. The first-order chi connectivity index (χ1) is 15.9. The van der Waals surface area contributed by atoms with Gasteiger partial charge in [0.1, 0.15) is 12.2 Å². The quantitative estimate of drug-likeness (QED) is 0.572. The van der Waals surface area contributed by atoms with Crippen LogP contribution in [0, 0.1) is 0 Å². The average molecular weight is 444 g/mol. The monoisotopic (exact) mass is 444 g/mol. The summed E-state index contributed by atoms with van der Waals surface area (Å²) in [6, 6.07) is 15.7. The van der Waals surface area contributed by atoms with Gasteiger partial charge in [-0.2, -0.15) is 4.98 Å². The number of ether oxygens (including phenoxy) is 1. The molecule has 1 aliphatic carbocycles. The summed E-state index contributed by atoms with van der Waals surface area (Å²) in [4.78, 5) is 45.3. The van der Waals surface area contributed by atoms with Crippen molar-refractivity contribution < 1.29 is 23.5 Å². The molecule has 9 nitrogen and oxygen atoms in total. The summed E-state index contributed by atoms with van der Waals surface area (Å²) < 4.78 is 11.1. The Morgan fingerprint density at radius 2 is 1.82 bits per heavy atom. The molecular weight excluding hydrogens is 424 g/mol. The van der Waals surface area contributed by atoms with Gasteiger partial charge >= 0.3 is 5.97 Å². The first-order valence-corrected chi connectivity index (χ1v) is 10.4. The number of rotatable bonds is 5. The number of carbonyl (C=O) groups is 3. The molecule has 2 aromatic carbocycles. The topological polar surface area (TPSA) is 142 Å². The van der Waals surface area contributed by atoms with Gasteiger partial charge in [-0.15, -0.1) is 0 Å². The second-order valence-electron chi connectivity index (χ2n) is 7.69. The average Bonchev–Trinajstić information content (AvgIpc) is 3.39. The van der Waals surface area contributed by atoms with Crippen LogP contribution in [0.3, 0.4) is 0 Å². The molecule has 1 aliphatic heterocycles. The third-order valence-electron chi connectivity index (χ3n) is 5.86. The number of anilines is 1. The fourth-order valence-corrected chi connectivity index (χ4v) is 4.76. The minimum atomic E-state index is -1.69. The summed E-state index contributed by atoms with van der Waals surface area (Å²) in [7, 11) is 0. The van der Waals surface area contributed by atoms with Crippen molar-refractivity contribution in [2.24, 2.45) is 5.73 Å². The normalized spacial score (nSPS) is 18.6. The molecule has 3 aromatic rings. The van der Waals surface area contributed by atoms with Crippen LogP contribution in [0.25, 0.3) is 17.0 Å². The number of carbonyl (C=O) groups excluding carboxylic acids is 3. The number of aromatic nitrogens is 1. The first-order valence-electron chi connectivity index (χ1n) is 10.4. The van der Waals surface area contributed by atoms with Crippen molar-refractivity contribution in [3.05, 3.63) is 77.0 Å². The summed E-state index contributed by atoms with van der Waals surface area (Å²) in [5.74, 6) is -1.70. The summed E-state index contributed by atoms with van der Waals surface area (Å²) in [5, 5.41) is 0. The van der Waals surface area contributed by atoms with Crippen LogP contribution < -0.4 is 11.5 Å². The Hall–Kier alpha value is -4.40. The number of esters is 1. The Balaban J connectivity index is 1.93. The van der Waals surface area contributed by atoms with Gasteiger partial charge in [-0.1, -0.05) is 54.6 Å². The van der Waals surface area contributed by atoms with E-state index in [4.69, 9.17) is 20.6 Å². The Bertz CT molecular complexity index is 1340. The highest BCUT2D eigenvalue weighted by Gasteiger charge is 2.64. The predicted molar refractivity (Wildman–Crippen MR) is 118 cm³/mol. The lowest BCUT2D eigenvalue weighted by atomic mass is 9.74. The maximum atomic E-state index is 14.2. The lowest BCUT2D eigenvalue weighted by molar-refractivity contribution is -0.140. The maximum Gasteiger partial charge on any atom is 0.338 e. The van der Waals surface area contributed by atoms with E-state index in [1.54, 1.807) is 61.5 Å². The van der Waals surface area contributed by atoms with Crippen molar-refractivity contribution in [3.8, 4) is 11.3 Å². The third kappa shape index (κ3) is 2.72. The zero-order chi connectivity index (χ0) is 23.3. The van der Waals surface area contributed by atoms with Crippen LogP contribution in [0.1, 0.15) is 23.7 Å². The van der Waals surface area contributed by atoms with Crippen molar-refractivity contribution in [2.75, 3.05) is 18.9 Å². The smallest absolute Gasteiger partial charge is 0.338 e. The van der Waals surface area contributed by atoms with E-state index in [0.717, 1.165) is 0 Å². The van der Waals surface area contributed by atoms with Gasteiger partial charge in [-0.05, 0) is 18.1 Å². The number of fused-ring (bicyclic) bond motifs is 5. The molecule has 2 aliphatic rings. The second-order valence-corrected chi connectivity index (χ2v) is 7.69. The number of benzene rings is 2. The zero-order valence-electron chi connectivity index (χ0n) is 17.7. The van der Waals surface area contributed by atoms with Crippen LogP contribution in [0.4, 0.5) is 6.01 Å². The fraction of sp³-hybridized carbons (Fsp3) is 0.167. The number of oxazole rings is 1. The van der Waals surface area contributed by atoms with Crippen LogP contribution >= 0.6 is 0 Å². The molecule has 2 heterocycles. The van der Waals surface area contributed by atoms with E-state index in [-0.39, 0.29) is 29.6 Å². The number of nitrogens with zero attached hydrogens (tertiary/aromatic N) is 2. The van der Waals surface area contributed by atoms with E-state index in [1.807, 2.05) is 0 Å². The Labute approximate surface area is 188 Å². The number of nitrogens with two attached hydrogens (primary N) is 2. The number of nitrogen functional groups attached to an aromatic ring is 1. The van der Waals surface area contributed by atoms with E-state index in [0.29, 0.717) is 22.5 Å². The van der Waals surface area contributed by atoms with Crippen molar-refractivity contribution in [3.63, 3.8) is 0 Å². The molecule has 1 aromatic heterocycles. The molecule has 0 saturated carbocycles. The highest BCUT2D eigenvalue weighted by molar-refractivity contribution is 6.21. The van der Waals surface area contributed by atoms with E-state index in [9.17, 15) is 14.4 Å². The van der Waals surface area contributed by atoms with Crippen molar-refractivity contribution in [1.29, 1.82) is 0 Å². The molecule has 1 atom stereocenters. The molecule has 166 valence electrons. The van der Waals surface area contributed by atoms with Crippen molar-refractivity contribution in [1.82, 2.24) is 9.88 Å². The van der Waals surface area contributed by atoms with E-state index < -0.39 is 29.7 Å². The van der Waals surface area contributed by atoms with Crippen LogP contribution in [0.5, 0.6) is 0 Å². The SMILES string of the molecule is CCOC(=O)C1=C(c2ccccc2)N(CC(N)=O)C(=O)[C@@]12c1ccccc1-c1oc(N)nc12. The largest absolute Gasteiger partial charge is 0.463 e. The van der Waals surface area contributed by atoms with Crippen LogP contribution in [0.2, 0.25) is 0 Å². The molecule has 33 heavy (non-hydrogen) atoms. The van der Waals surface area contributed by atoms with Gasteiger partial charge in [0.2, 0.25) is 11.8 Å². The Morgan fingerprint density at radius 1 is 1.12 bits per heavy atom. The van der Waals surface area contributed by atoms with E-state index in [1.165, 1.54) is 4.90 Å². The minimum Gasteiger partial charge on any atom is -0.463 e. The highest BCUT2D eigenvalue weighted by Crippen LogP contribution is 2.59. The molecular formula is C24H20N4O5. The molecule has 0 saturated heterocycles. The molecule has 0 unspecified atom stereocenters. The second kappa shape index (κ2) is 7.33. The predicted octanol–water partition coefficient (Wildman–Crippen LogP) is 1.83. The molecule has 5 rings (SSSR count). The lowest BCUT2D eigenvalue weighted by Crippen LogP contribution is -2.44. The van der Waals surface area contributed by atoms with Crippen LogP contribution in [-0.2, 0) is 24.5 Å². The van der Waals surface area contributed by atoms with Crippen molar-refractivity contribution in [2.45, 2.75) is 12.3 Å². The van der Waals surface area contributed by atoms with Gasteiger partial charge in [0.05, 0.1) is 17.9 Å². The molecule has 9 heteroatoms. The summed E-state index contributed by atoms with van der Waals surface area (Å²) in [6.07, 6.45) is 0. The van der Waals surface area contributed by atoms with Crippen molar-refractivity contribution >= 4 is 29.5 Å². The number of amides is 2. The number of primary amides is 1. The maximum absolute atomic E-state index is 14.2. The van der Waals surface area contributed by atoms with Gasteiger partial charge in [-0.25, -0.2) is 4.79 Å². The number of hydrogen-bond donors (Lipinski definition) is 2. The molecule has 4 N–H and O–H groups in total. The third-order valence-corrected chi connectivity index (χ3v) is 5.86.